The summed E-state index contributed by atoms with van der Waals surface area (Å²) in [5.41, 5.74) is 0.615. The van der Waals surface area contributed by atoms with Crippen molar-refractivity contribution in [2.45, 2.75) is 45.1 Å². The van der Waals surface area contributed by atoms with Gasteiger partial charge in [0.2, 0.25) is 5.56 Å². The molecule has 0 bridgehead atoms. The number of likely N-dealkylation sites (tertiary alicyclic amines) is 1. The SMILES string of the molecule is Cn1cc(C2CCCN(C(=O)OC(C)(C)C)C2)ccc1=O. The van der Waals surface area contributed by atoms with Gasteiger partial charge in [-0.25, -0.2) is 4.79 Å². The minimum absolute atomic E-state index is 0.0152. The monoisotopic (exact) mass is 292 g/mol. The van der Waals surface area contributed by atoms with E-state index in [2.05, 4.69) is 0 Å². The van der Waals surface area contributed by atoms with Crippen LogP contribution in [0.5, 0.6) is 0 Å². The van der Waals surface area contributed by atoms with Crippen molar-refractivity contribution in [3.05, 3.63) is 34.2 Å². The maximum atomic E-state index is 12.2. The molecule has 0 aliphatic carbocycles. The molecular weight excluding hydrogens is 268 g/mol. The largest absolute Gasteiger partial charge is 0.444 e. The van der Waals surface area contributed by atoms with Crippen LogP contribution in [-0.2, 0) is 11.8 Å². The Labute approximate surface area is 125 Å². The molecule has 1 unspecified atom stereocenters. The number of aromatic nitrogens is 1. The summed E-state index contributed by atoms with van der Waals surface area (Å²) in [6.45, 7) is 7.00. The van der Waals surface area contributed by atoms with Crippen molar-refractivity contribution in [3.63, 3.8) is 0 Å². The minimum atomic E-state index is -0.472. The number of ether oxygens (including phenoxy) is 1. The lowest BCUT2D eigenvalue weighted by atomic mass is 9.92. The Bertz CT molecular complexity index is 572. The number of nitrogens with zero attached hydrogens (tertiary/aromatic N) is 2. The fourth-order valence-corrected chi connectivity index (χ4v) is 2.60. The number of carbonyl (C=O) groups is 1. The summed E-state index contributed by atoms with van der Waals surface area (Å²) in [5.74, 6) is 0.262. The molecule has 1 aliphatic heterocycles. The molecule has 1 aromatic heterocycles. The summed E-state index contributed by atoms with van der Waals surface area (Å²) in [6, 6.07) is 3.45. The van der Waals surface area contributed by atoms with Gasteiger partial charge in [0.05, 0.1) is 0 Å². The van der Waals surface area contributed by atoms with Gasteiger partial charge < -0.3 is 14.2 Å². The van der Waals surface area contributed by atoms with Crippen molar-refractivity contribution >= 4 is 6.09 Å². The van der Waals surface area contributed by atoms with Gasteiger partial charge in [-0.3, -0.25) is 4.79 Å². The molecule has 2 heterocycles. The van der Waals surface area contributed by atoms with Crippen LogP contribution in [0.1, 0.15) is 45.1 Å². The number of rotatable bonds is 1. The Morgan fingerprint density at radius 3 is 2.67 bits per heavy atom. The Morgan fingerprint density at radius 1 is 1.33 bits per heavy atom. The predicted molar refractivity (Wildman–Crippen MR) is 81.5 cm³/mol. The third-order valence-electron chi connectivity index (χ3n) is 3.65. The van der Waals surface area contributed by atoms with Crippen LogP contribution < -0.4 is 5.56 Å². The predicted octanol–water partition coefficient (Wildman–Crippen LogP) is 2.50. The minimum Gasteiger partial charge on any atom is -0.444 e. The first-order valence-corrected chi connectivity index (χ1v) is 7.41. The fourth-order valence-electron chi connectivity index (χ4n) is 2.60. The summed E-state index contributed by atoms with van der Waals surface area (Å²) in [7, 11) is 1.75. The maximum Gasteiger partial charge on any atom is 0.410 e. The Balaban J connectivity index is 2.08. The van der Waals surface area contributed by atoms with E-state index < -0.39 is 5.60 Å². The first-order valence-electron chi connectivity index (χ1n) is 7.41. The number of hydrogen-bond donors (Lipinski definition) is 0. The van der Waals surface area contributed by atoms with Crippen molar-refractivity contribution in [3.8, 4) is 0 Å². The van der Waals surface area contributed by atoms with E-state index in [0.717, 1.165) is 24.9 Å². The third-order valence-corrected chi connectivity index (χ3v) is 3.65. The van der Waals surface area contributed by atoms with Crippen LogP contribution >= 0.6 is 0 Å². The number of pyridine rings is 1. The molecule has 1 amide bonds. The van der Waals surface area contributed by atoms with Gasteiger partial charge in [0, 0.05) is 38.3 Å². The molecule has 5 nitrogen and oxygen atoms in total. The molecule has 1 saturated heterocycles. The van der Waals surface area contributed by atoms with Crippen LogP contribution in [0.2, 0.25) is 0 Å². The standard InChI is InChI=1S/C16H24N2O3/c1-16(2,3)21-15(20)18-9-5-6-12(11-18)13-7-8-14(19)17(4)10-13/h7-8,10,12H,5-6,9,11H2,1-4H3. The number of carbonyl (C=O) groups excluding carboxylic acids is 1. The molecule has 1 atom stereocenters. The normalized spacial score (nSPS) is 19.4. The zero-order valence-corrected chi connectivity index (χ0v) is 13.3. The van der Waals surface area contributed by atoms with Gasteiger partial charge in [-0.1, -0.05) is 6.07 Å². The van der Waals surface area contributed by atoms with E-state index in [4.69, 9.17) is 4.74 Å². The van der Waals surface area contributed by atoms with Crippen LogP contribution in [0.15, 0.2) is 23.1 Å². The molecule has 5 heteroatoms. The molecule has 2 rings (SSSR count). The van der Waals surface area contributed by atoms with Crippen LogP contribution in [-0.4, -0.2) is 34.3 Å². The van der Waals surface area contributed by atoms with Crippen molar-refractivity contribution < 1.29 is 9.53 Å². The smallest absolute Gasteiger partial charge is 0.410 e. The highest BCUT2D eigenvalue weighted by Crippen LogP contribution is 2.27. The Morgan fingerprint density at radius 2 is 2.05 bits per heavy atom. The van der Waals surface area contributed by atoms with E-state index >= 15 is 0 Å². The van der Waals surface area contributed by atoms with Crippen LogP contribution in [0.25, 0.3) is 0 Å². The van der Waals surface area contributed by atoms with Crippen molar-refractivity contribution in [2.24, 2.45) is 7.05 Å². The average molecular weight is 292 g/mol. The first kappa shape index (κ1) is 15.6. The molecule has 1 aromatic rings. The second-order valence-corrected chi connectivity index (χ2v) is 6.68. The molecule has 21 heavy (non-hydrogen) atoms. The topological polar surface area (TPSA) is 51.5 Å². The molecule has 1 fully saturated rings. The van der Waals surface area contributed by atoms with E-state index in [9.17, 15) is 9.59 Å². The number of amides is 1. The molecule has 0 N–H and O–H groups in total. The number of piperidine rings is 1. The van der Waals surface area contributed by atoms with Crippen molar-refractivity contribution in [1.82, 2.24) is 9.47 Å². The third kappa shape index (κ3) is 4.09. The second kappa shape index (κ2) is 5.92. The summed E-state index contributed by atoms with van der Waals surface area (Å²) < 4.78 is 7.02. The summed E-state index contributed by atoms with van der Waals surface area (Å²) in [5, 5.41) is 0. The summed E-state index contributed by atoms with van der Waals surface area (Å²) >= 11 is 0. The van der Waals surface area contributed by atoms with Crippen molar-refractivity contribution in [2.75, 3.05) is 13.1 Å². The first-order chi connectivity index (χ1) is 9.76. The van der Waals surface area contributed by atoms with Crippen LogP contribution in [0, 0.1) is 0 Å². The molecule has 0 spiro atoms. The summed E-state index contributed by atoms with van der Waals surface area (Å²) in [4.78, 5) is 25.4. The zero-order valence-electron chi connectivity index (χ0n) is 13.3. The van der Waals surface area contributed by atoms with Gasteiger partial charge in [0.25, 0.3) is 0 Å². The number of aryl methyl sites for hydroxylation is 1. The number of hydrogen-bond acceptors (Lipinski definition) is 3. The van der Waals surface area contributed by atoms with E-state index in [1.54, 1.807) is 22.6 Å². The van der Waals surface area contributed by atoms with Gasteiger partial charge in [0.15, 0.2) is 0 Å². The molecule has 1 aliphatic rings. The Hall–Kier alpha value is -1.78. The summed E-state index contributed by atoms with van der Waals surface area (Å²) in [6.07, 6.45) is 3.59. The van der Waals surface area contributed by atoms with E-state index in [-0.39, 0.29) is 17.6 Å². The highest BCUT2D eigenvalue weighted by Gasteiger charge is 2.28. The highest BCUT2D eigenvalue weighted by molar-refractivity contribution is 5.68. The lowest BCUT2D eigenvalue weighted by Crippen LogP contribution is -2.42. The van der Waals surface area contributed by atoms with Crippen molar-refractivity contribution in [1.29, 1.82) is 0 Å². The quantitative estimate of drug-likeness (QED) is 0.799. The van der Waals surface area contributed by atoms with Crippen LogP contribution in [0.4, 0.5) is 4.79 Å². The fraction of sp³-hybridized carbons (Fsp3) is 0.625. The van der Waals surface area contributed by atoms with Gasteiger partial charge >= 0.3 is 6.09 Å². The molecule has 0 saturated carbocycles. The molecule has 0 radical (unpaired) electrons. The van der Waals surface area contributed by atoms with Gasteiger partial charge in [-0.15, -0.1) is 0 Å². The lowest BCUT2D eigenvalue weighted by Gasteiger charge is -2.34. The van der Waals surface area contributed by atoms with E-state index in [1.807, 2.05) is 33.0 Å². The van der Waals surface area contributed by atoms with E-state index in [0.29, 0.717) is 6.54 Å². The van der Waals surface area contributed by atoms with Gasteiger partial charge in [0.1, 0.15) is 5.60 Å². The van der Waals surface area contributed by atoms with Gasteiger partial charge in [-0.05, 0) is 39.2 Å². The van der Waals surface area contributed by atoms with E-state index in [1.165, 1.54) is 0 Å². The van der Waals surface area contributed by atoms with Gasteiger partial charge in [-0.2, -0.15) is 0 Å². The lowest BCUT2D eigenvalue weighted by molar-refractivity contribution is 0.0198. The van der Waals surface area contributed by atoms with Crippen LogP contribution in [0.3, 0.4) is 0 Å². The molecular formula is C16H24N2O3. The maximum absolute atomic E-state index is 12.2. The molecule has 0 aromatic carbocycles. The second-order valence-electron chi connectivity index (χ2n) is 6.68. The zero-order chi connectivity index (χ0) is 15.6. The Kier molecular flexibility index (Phi) is 4.40. The average Bonchev–Trinajstić information content (AvgIpc) is 2.40. The molecule has 116 valence electrons. The highest BCUT2D eigenvalue weighted by atomic mass is 16.6.